The van der Waals surface area contributed by atoms with Crippen molar-refractivity contribution in [1.82, 2.24) is 14.5 Å². The minimum Gasteiger partial charge on any atom is -0.478 e. The van der Waals surface area contributed by atoms with Crippen molar-refractivity contribution in [3.8, 4) is 0 Å². The molecule has 2 rings (SSSR count). The van der Waals surface area contributed by atoms with Crippen LogP contribution in [0.2, 0.25) is 0 Å². The van der Waals surface area contributed by atoms with E-state index in [1.54, 1.807) is 43.1 Å². The maximum atomic E-state index is 12.2. The largest absolute Gasteiger partial charge is 0.478 e. The van der Waals surface area contributed by atoms with Gasteiger partial charge in [-0.1, -0.05) is 22.7 Å². The average Bonchev–Trinajstić information content (AvgIpc) is 2.90. The molecule has 0 atom stereocenters. The van der Waals surface area contributed by atoms with E-state index < -0.39 is 5.97 Å². The first-order valence-corrected chi connectivity index (χ1v) is 7.13. The van der Waals surface area contributed by atoms with Gasteiger partial charge in [-0.2, -0.15) is 0 Å². The van der Waals surface area contributed by atoms with Crippen LogP contribution in [0, 0.1) is 6.92 Å². The predicted octanol–water partition coefficient (Wildman–Crippen LogP) is 1.86. The van der Waals surface area contributed by atoms with Crippen LogP contribution in [0.1, 0.15) is 31.3 Å². The number of hydrogen-bond acceptors (Lipinski definition) is 5. The summed E-state index contributed by atoms with van der Waals surface area (Å²) in [5.74, 6) is -1.10. The number of carboxylic acids is 1. The Balaban J connectivity index is 2.05. The second-order valence-electron chi connectivity index (χ2n) is 4.63. The van der Waals surface area contributed by atoms with Gasteiger partial charge in [0.2, 0.25) is 0 Å². The molecule has 0 saturated carbocycles. The molecular weight excluding hydrogens is 290 g/mol. The molecule has 1 aromatic carbocycles. The van der Waals surface area contributed by atoms with E-state index in [0.717, 1.165) is 11.5 Å². The number of rotatable bonds is 5. The third-order valence-corrected chi connectivity index (χ3v) is 3.97. The molecule has 0 aliphatic heterocycles. The van der Waals surface area contributed by atoms with Crippen LogP contribution >= 0.6 is 11.5 Å². The van der Waals surface area contributed by atoms with E-state index in [9.17, 15) is 9.59 Å². The van der Waals surface area contributed by atoms with Crippen molar-refractivity contribution < 1.29 is 14.7 Å². The van der Waals surface area contributed by atoms with Gasteiger partial charge in [0.1, 0.15) is 4.88 Å². The second-order valence-corrected chi connectivity index (χ2v) is 5.38. The fraction of sp³-hybridized carbons (Fsp3) is 0.286. The second kappa shape index (κ2) is 6.45. The Labute approximate surface area is 126 Å². The van der Waals surface area contributed by atoms with Crippen LogP contribution in [-0.2, 0) is 6.42 Å². The lowest BCUT2D eigenvalue weighted by atomic mass is 10.0. The molecular formula is C14H15N3O3S. The highest BCUT2D eigenvalue weighted by molar-refractivity contribution is 7.07. The summed E-state index contributed by atoms with van der Waals surface area (Å²) in [5.41, 5.74) is 1.60. The first-order chi connectivity index (χ1) is 10.0. The van der Waals surface area contributed by atoms with E-state index in [1.807, 2.05) is 0 Å². The number of carbonyl (C=O) groups excluding carboxylic acids is 1. The van der Waals surface area contributed by atoms with Crippen LogP contribution in [0.3, 0.4) is 0 Å². The van der Waals surface area contributed by atoms with Gasteiger partial charge in [-0.3, -0.25) is 4.79 Å². The number of aromatic nitrogens is 2. The van der Waals surface area contributed by atoms with Crippen LogP contribution < -0.4 is 0 Å². The van der Waals surface area contributed by atoms with Gasteiger partial charge in [0.15, 0.2) is 0 Å². The zero-order valence-electron chi connectivity index (χ0n) is 11.7. The molecule has 1 N–H and O–H groups in total. The number of benzene rings is 1. The van der Waals surface area contributed by atoms with Crippen LogP contribution in [-0.4, -0.2) is 45.1 Å². The number of likely N-dealkylation sites (N-methyl/N-ethyl adjacent to an activating group) is 1. The van der Waals surface area contributed by atoms with E-state index in [0.29, 0.717) is 29.1 Å². The summed E-state index contributed by atoms with van der Waals surface area (Å²) in [6, 6.07) is 6.81. The number of hydrogen-bond donors (Lipinski definition) is 1. The highest BCUT2D eigenvalue weighted by Crippen LogP contribution is 2.14. The first kappa shape index (κ1) is 15.1. The fourth-order valence-electron chi connectivity index (χ4n) is 1.94. The molecule has 2 aromatic rings. The molecule has 0 bridgehead atoms. The van der Waals surface area contributed by atoms with Crippen LogP contribution in [0.15, 0.2) is 24.3 Å². The topological polar surface area (TPSA) is 83.4 Å². The number of nitrogens with zero attached hydrogens (tertiary/aromatic N) is 3. The van der Waals surface area contributed by atoms with Crippen LogP contribution in [0.5, 0.6) is 0 Å². The maximum Gasteiger partial charge on any atom is 0.335 e. The number of aryl methyl sites for hydroxylation is 1. The smallest absolute Gasteiger partial charge is 0.335 e. The van der Waals surface area contributed by atoms with Gasteiger partial charge in [-0.05, 0) is 36.5 Å². The molecule has 1 heterocycles. The summed E-state index contributed by atoms with van der Waals surface area (Å²) in [6.07, 6.45) is 0.482. The molecule has 110 valence electrons. The molecule has 0 spiro atoms. The van der Waals surface area contributed by atoms with E-state index in [4.69, 9.17) is 5.11 Å². The molecule has 7 heteroatoms. The molecule has 21 heavy (non-hydrogen) atoms. The minimum absolute atomic E-state index is 0.143. The SMILES string of the molecule is Cc1nnsc1C(=O)N(C)CCc1ccccc1C(=O)O. The Bertz CT molecular complexity index is 669. The molecule has 0 aliphatic rings. The molecule has 0 saturated heterocycles. The molecule has 6 nitrogen and oxygen atoms in total. The van der Waals surface area contributed by atoms with Gasteiger partial charge in [0, 0.05) is 13.6 Å². The summed E-state index contributed by atoms with van der Waals surface area (Å²) < 4.78 is 3.75. The summed E-state index contributed by atoms with van der Waals surface area (Å²) >= 11 is 1.07. The Kier molecular flexibility index (Phi) is 4.64. The van der Waals surface area contributed by atoms with E-state index in [-0.39, 0.29) is 11.5 Å². The maximum absolute atomic E-state index is 12.2. The van der Waals surface area contributed by atoms with Crippen molar-refractivity contribution in [1.29, 1.82) is 0 Å². The molecule has 0 fully saturated rings. The number of amides is 1. The highest BCUT2D eigenvalue weighted by Gasteiger charge is 2.18. The highest BCUT2D eigenvalue weighted by atomic mass is 32.1. The van der Waals surface area contributed by atoms with Gasteiger partial charge in [0.25, 0.3) is 5.91 Å². The monoisotopic (exact) mass is 305 g/mol. The van der Waals surface area contributed by atoms with Gasteiger partial charge in [-0.25, -0.2) is 4.79 Å². The zero-order valence-corrected chi connectivity index (χ0v) is 12.6. The third-order valence-electron chi connectivity index (χ3n) is 3.16. The van der Waals surface area contributed by atoms with E-state index >= 15 is 0 Å². The van der Waals surface area contributed by atoms with Gasteiger partial charge in [-0.15, -0.1) is 5.10 Å². The lowest BCUT2D eigenvalue weighted by molar-refractivity contribution is 0.0695. The van der Waals surface area contributed by atoms with Crippen LogP contribution in [0.4, 0.5) is 0 Å². The van der Waals surface area contributed by atoms with Crippen LogP contribution in [0.25, 0.3) is 0 Å². The van der Waals surface area contributed by atoms with Crippen molar-refractivity contribution in [3.05, 3.63) is 46.0 Å². The summed E-state index contributed by atoms with van der Waals surface area (Å²) in [7, 11) is 1.69. The lowest BCUT2D eigenvalue weighted by Gasteiger charge is -2.16. The summed E-state index contributed by atoms with van der Waals surface area (Å²) in [5, 5.41) is 13.0. The number of aromatic carboxylic acids is 1. The normalized spacial score (nSPS) is 10.4. The van der Waals surface area contributed by atoms with Crippen molar-refractivity contribution >= 4 is 23.4 Å². The Morgan fingerprint density at radius 3 is 2.67 bits per heavy atom. The molecule has 0 unspecified atom stereocenters. The first-order valence-electron chi connectivity index (χ1n) is 6.36. The molecule has 0 aliphatic carbocycles. The van der Waals surface area contributed by atoms with Gasteiger partial charge >= 0.3 is 5.97 Å². The lowest BCUT2D eigenvalue weighted by Crippen LogP contribution is -2.29. The third kappa shape index (κ3) is 3.43. The van der Waals surface area contributed by atoms with Gasteiger partial charge < -0.3 is 10.0 Å². The Morgan fingerprint density at radius 2 is 2.05 bits per heavy atom. The average molecular weight is 305 g/mol. The number of carbonyl (C=O) groups is 2. The van der Waals surface area contributed by atoms with E-state index in [1.165, 1.54) is 0 Å². The van der Waals surface area contributed by atoms with E-state index in [2.05, 4.69) is 9.59 Å². The Morgan fingerprint density at radius 1 is 1.33 bits per heavy atom. The van der Waals surface area contributed by atoms with Crippen molar-refractivity contribution in [2.75, 3.05) is 13.6 Å². The van der Waals surface area contributed by atoms with Crippen molar-refractivity contribution in [2.45, 2.75) is 13.3 Å². The summed E-state index contributed by atoms with van der Waals surface area (Å²) in [6.45, 7) is 2.17. The summed E-state index contributed by atoms with van der Waals surface area (Å²) in [4.78, 5) is 25.4. The van der Waals surface area contributed by atoms with Crippen molar-refractivity contribution in [2.24, 2.45) is 0 Å². The minimum atomic E-state index is -0.956. The standard InChI is InChI=1S/C14H15N3O3S/c1-9-12(21-16-15-9)13(18)17(2)8-7-10-5-3-4-6-11(10)14(19)20/h3-6H,7-8H2,1-2H3,(H,19,20). The molecule has 0 radical (unpaired) electrons. The number of carboxylic acid groups (broad SMARTS) is 1. The molecule has 1 amide bonds. The quantitative estimate of drug-likeness (QED) is 0.911. The fourth-order valence-corrected chi connectivity index (χ4v) is 2.59. The zero-order chi connectivity index (χ0) is 15.4. The predicted molar refractivity (Wildman–Crippen MR) is 78.7 cm³/mol. The molecule has 1 aromatic heterocycles. The Hall–Kier alpha value is -2.28. The van der Waals surface area contributed by atoms with Gasteiger partial charge in [0.05, 0.1) is 11.3 Å². The van der Waals surface area contributed by atoms with Crippen molar-refractivity contribution in [3.63, 3.8) is 0 Å².